The van der Waals surface area contributed by atoms with Crippen LogP contribution in [0.3, 0.4) is 0 Å². The van der Waals surface area contributed by atoms with Crippen molar-refractivity contribution >= 4 is 23.6 Å². The zero-order valence-corrected chi connectivity index (χ0v) is 24.8. The summed E-state index contributed by atoms with van der Waals surface area (Å²) in [5.41, 5.74) is 0.791. The smallest absolute Gasteiger partial charge is 0.251 e. The molecule has 0 bridgehead atoms. The van der Waals surface area contributed by atoms with Crippen molar-refractivity contribution in [1.82, 2.24) is 16.0 Å². The molecular formula is C29H42N4O7S. The molecule has 0 aromatic heterocycles. The molecule has 2 amide bonds. The second-order valence-electron chi connectivity index (χ2n) is 8.47. The van der Waals surface area contributed by atoms with Crippen molar-refractivity contribution < 1.29 is 33.3 Å². The van der Waals surface area contributed by atoms with E-state index in [1.165, 1.54) is 0 Å². The van der Waals surface area contributed by atoms with E-state index >= 15 is 0 Å². The molecule has 226 valence electrons. The molecule has 0 saturated carbocycles. The van der Waals surface area contributed by atoms with E-state index in [1.54, 1.807) is 31.2 Å². The van der Waals surface area contributed by atoms with Gasteiger partial charge in [-0.05, 0) is 50.2 Å². The maximum Gasteiger partial charge on any atom is 0.251 e. The van der Waals surface area contributed by atoms with Crippen molar-refractivity contribution in [3.8, 4) is 23.0 Å². The highest BCUT2D eigenvalue weighted by molar-refractivity contribution is 8.04. The van der Waals surface area contributed by atoms with Crippen molar-refractivity contribution in [2.75, 3.05) is 72.5 Å². The van der Waals surface area contributed by atoms with Crippen LogP contribution in [-0.2, 0) is 23.7 Å². The van der Waals surface area contributed by atoms with Crippen LogP contribution in [0.25, 0.3) is 0 Å². The topological polar surface area (TPSA) is 140 Å². The van der Waals surface area contributed by atoms with E-state index in [2.05, 4.69) is 34.4 Å². The lowest BCUT2D eigenvalue weighted by Crippen LogP contribution is -2.31. The second-order valence-corrected chi connectivity index (χ2v) is 9.41. The first-order chi connectivity index (χ1) is 20.0. The molecule has 1 atom stereocenters. The summed E-state index contributed by atoms with van der Waals surface area (Å²) in [5.74, 6) is 5.78. The number of nitrogens with zero attached hydrogens (tertiary/aromatic N) is 1. The van der Waals surface area contributed by atoms with E-state index in [1.807, 2.05) is 12.3 Å². The van der Waals surface area contributed by atoms with Gasteiger partial charge in [0.1, 0.15) is 24.4 Å². The van der Waals surface area contributed by atoms with Crippen molar-refractivity contribution in [3.63, 3.8) is 0 Å². The molecule has 12 heteroatoms. The van der Waals surface area contributed by atoms with Crippen LogP contribution in [0.5, 0.6) is 5.75 Å². The van der Waals surface area contributed by atoms with E-state index in [0.29, 0.717) is 83.4 Å². The SMILES string of the molecule is C=C(C)NCCNC(=O)c1cccc(OCC(OCCOCCOCCCC(=O)NCCOCC#CC)SC#N)c1. The molecule has 0 fully saturated rings. The summed E-state index contributed by atoms with van der Waals surface area (Å²) < 4.78 is 27.7. The van der Waals surface area contributed by atoms with Gasteiger partial charge in [0, 0.05) is 43.9 Å². The van der Waals surface area contributed by atoms with Gasteiger partial charge in [-0.3, -0.25) is 9.59 Å². The van der Waals surface area contributed by atoms with Crippen LogP contribution in [0, 0.1) is 22.5 Å². The van der Waals surface area contributed by atoms with E-state index in [0.717, 1.165) is 17.5 Å². The van der Waals surface area contributed by atoms with Gasteiger partial charge in [0.25, 0.3) is 5.91 Å². The molecule has 0 heterocycles. The maximum atomic E-state index is 12.3. The van der Waals surface area contributed by atoms with Crippen LogP contribution in [-0.4, -0.2) is 89.7 Å². The van der Waals surface area contributed by atoms with E-state index in [4.69, 9.17) is 28.9 Å². The molecule has 0 saturated heterocycles. The maximum absolute atomic E-state index is 12.3. The molecule has 0 aliphatic heterocycles. The fourth-order valence-electron chi connectivity index (χ4n) is 3.06. The molecule has 0 radical (unpaired) electrons. The van der Waals surface area contributed by atoms with Gasteiger partial charge in [-0.1, -0.05) is 18.6 Å². The molecule has 0 spiro atoms. The number of nitriles is 1. The van der Waals surface area contributed by atoms with E-state index < -0.39 is 5.44 Å². The van der Waals surface area contributed by atoms with Crippen molar-refractivity contribution in [3.05, 3.63) is 42.1 Å². The number of hydrogen-bond donors (Lipinski definition) is 3. The Morgan fingerprint density at radius 1 is 1.00 bits per heavy atom. The average Bonchev–Trinajstić information content (AvgIpc) is 2.96. The number of thiocyanates is 1. The number of benzene rings is 1. The fourth-order valence-corrected chi connectivity index (χ4v) is 3.48. The Labute approximate surface area is 247 Å². The van der Waals surface area contributed by atoms with Gasteiger partial charge in [0.15, 0.2) is 5.44 Å². The number of thioether (sulfide) groups is 1. The zero-order valence-electron chi connectivity index (χ0n) is 24.0. The van der Waals surface area contributed by atoms with E-state index in [9.17, 15) is 9.59 Å². The first-order valence-corrected chi connectivity index (χ1v) is 14.3. The predicted molar refractivity (Wildman–Crippen MR) is 158 cm³/mol. The monoisotopic (exact) mass is 590 g/mol. The van der Waals surface area contributed by atoms with Crippen LogP contribution in [0.1, 0.15) is 37.0 Å². The standard InChI is InChI=1S/C29H42N4O7S/c1-4-5-14-36-16-13-32-27(34)10-7-15-37-17-18-38-19-20-39-28(41-23-30)22-40-26-9-6-8-25(21-26)29(35)33-12-11-31-24(2)3/h6,8-9,21,28,31H,2,7,10-20,22H2,1,3H3,(H,32,34)(H,33,35). The molecular weight excluding hydrogens is 548 g/mol. The number of nitrogens with one attached hydrogen (secondary N) is 3. The third-order valence-electron chi connectivity index (χ3n) is 5.02. The molecule has 11 nitrogen and oxygen atoms in total. The number of ether oxygens (including phenoxy) is 5. The lowest BCUT2D eigenvalue weighted by molar-refractivity contribution is -0.121. The second kappa shape index (κ2) is 24.5. The molecule has 1 unspecified atom stereocenters. The number of allylic oxidation sites excluding steroid dienone is 1. The van der Waals surface area contributed by atoms with Crippen molar-refractivity contribution in [1.29, 1.82) is 5.26 Å². The lowest BCUT2D eigenvalue weighted by atomic mass is 10.2. The molecule has 0 aliphatic rings. The van der Waals surface area contributed by atoms with Crippen LogP contribution < -0.4 is 20.7 Å². The van der Waals surface area contributed by atoms with Gasteiger partial charge in [-0.15, -0.1) is 5.92 Å². The van der Waals surface area contributed by atoms with Crippen LogP contribution in [0.15, 0.2) is 36.5 Å². The normalized spacial score (nSPS) is 11.0. The third kappa shape index (κ3) is 20.3. The summed E-state index contributed by atoms with van der Waals surface area (Å²) in [5, 5.41) is 19.8. The Hall–Kier alpha value is -3.26. The largest absolute Gasteiger partial charge is 0.490 e. The van der Waals surface area contributed by atoms with Gasteiger partial charge in [-0.2, -0.15) is 5.26 Å². The van der Waals surface area contributed by atoms with Crippen LogP contribution >= 0.6 is 11.8 Å². The molecule has 41 heavy (non-hydrogen) atoms. The highest BCUT2D eigenvalue weighted by Crippen LogP contribution is 2.17. The third-order valence-corrected chi connectivity index (χ3v) is 5.66. The summed E-state index contributed by atoms with van der Waals surface area (Å²) in [7, 11) is 0. The summed E-state index contributed by atoms with van der Waals surface area (Å²) >= 11 is 0.951. The highest BCUT2D eigenvalue weighted by Gasteiger charge is 2.12. The highest BCUT2D eigenvalue weighted by atomic mass is 32.2. The summed E-state index contributed by atoms with van der Waals surface area (Å²) in [6.45, 7) is 11.7. The minimum Gasteiger partial charge on any atom is -0.490 e. The first kappa shape index (κ1) is 35.8. The minimum absolute atomic E-state index is 0.0399. The summed E-state index contributed by atoms with van der Waals surface area (Å²) in [4.78, 5) is 24.1. The summed E-state index contributed by atoms with van der Waals surface area (Å²) in [6.07, 6.45) is 0.999. The predicted octanol–water partition coefficient (Wildman–Crippen LogP) is 2.44. The molecule has 0 aliphatic carbocycles. The van der Waals surface area contributed by atoms with Crippen molar-refractivity contribution in [2.24, 2.45) is 0 Å². The van der Waals surface area contributed by atoms with Gasteiger partial charge in [-0.25, -0.2) is 0 Å². The van der Waals surface area contributed by atoms with Crippen molar-refractivity contribution in [2.45, 2.75) is 32.1 Å². The Morgan fingerprint density at radius 2 is 1.76 bits per heavy atom. The molecule has 1 rings (SSSR count). The first-order valence-electron chi connectivity index (χ1n) is 13.4. The van der Waals surface area contributed by atoms with Crippen LogP contribution in [0.4, 0.5) is 0 Å². The van der Waals surface area contributed by atoms with Gasteiger partial charge in [0.05, 0.1) is 33.0 Å². The molecule has 1 aromatic rings. The number of rotatable bonds is 24. The molecule has 3 N–H and O–H groups in total. The Balaban J connectivity index is 2.13. The Bertz CT molecular complexity index is 1010. The van der Waals surface area contributed by atoms with Crippen LogP contribution in [0.2, 0.25) is 0 Å². The Morgan fingerprint density at radius 3 is 2.51 bits per heavy atom. The summed E-state index contributed by atoms with van der Waals surface area (Å²) in [6, 6.07) is 6.82. The number of carbonyl (C=O) groups excluding carboxylic acids is 2. The fraction of sp³-hybridized carbons (Fsp3) is 0.552. The Kier molecular flexibility index (Phi) is 21.4. The quantitative estimate of drug-likeness (QED) is 0.0712. The number of amides is 2. The molecule has 1 aromatic carbocycles. The van der Waals surface area contributed by atoms with Gasteiger partial charge in [0.2, 0.25) is 5.91 Å². The number of hydrogen-bond acceptors (Lipinski definition) is 10. The lowest BCUT2D eigenvalue weighted by Gasteiger charge is -2.16. The minimum atomic E-state index is -0.520. The average molecular weight is 591 g/mol. The van der Waals surface area contributed by atoms with E-state index in [-0.39, 0.29) is 25.0 Å². The van der Waals surface area contributed by atoms with Gasteiger partial charge < -0.3 is 39.6 Å². The zero-order chi connectivity index (χ0) is 30.0. The number of carbonyl (C=O) groups is 2. The van der Waals surface area contributed by atoms with Gasteiger partial charge >= 0.3 is 0 Å².